The summed E-state index contributed by atoms with van der Waals surface area (Å²) in [5, 5.41) is 28.0. The Hall–Kier alpha value is -2.66. The number of anilines is 1. The van der Waals surface area contributed by atoms with Crippen molar-refractivity contribution in [2.45, 2.75) is 44.9 Å². The van der Waals surface area contributed by atoms with E-state index in [0.29, 0.717) is 30.2 Å². The lowest BCUT2D eigenvalue weighted by Gasteiger charge is -2.35. The number of hydrogen-bond donors (Lipinski definition) is 3. The number of ether oxygens (including phenoxy) is 3. The molecule has 176 valence electrons. The summed E-state index contributed by atoms with van der Waals surface area (Å²) in [6.45, 7) is 3.22. The lowest BCUT2D eigenvalue weighted by atomic mass is 9.96. The monoisotopic (exact) mass is 448 g/mol. The Bertz CT molecular complexity index is 914. The maximum atomic E-state index is 11.6. The predicted molar refractivity (Wildman–Crippen MR) is 118 cm³/mol. The summed E-state index contributed by atoms with van der Waals surface area (Å²) in [4.78, 5) is 13.2. The van der Waals surface area contributed by atoms with Gasteiger partial charge in [0.05, 0.1) is 5.56 Å². The molecule has 1 aromatic heterocycles. The second-order valence-corrected chi connectivity index (χ2v) is 7.84. The number of benzene rings is 1. The van der Waals surface area contributed by atoms with Crippen LogP contribution in [0.2, 0.25) is 0 Å². The summed E-state index contributed by atoms with van der Waals surface area (Å²) in [7, 11) is 4.60. The van der Waals surface area contributed by atoms with Gasteiger partial charge in [-0.2, -0.15) is 5.10 Å². The molecule has 1 saturated heterocycles. The number of nitrogens with one attached hydrogen (secondary N) is 1. The summed E-state index contributed by atoms with van der Waals surface area (Å²) >= 11 is 0. The number of aromatic nitrogens is 2. The number of piperidine rings is 1. The molecule has 2 atom stereocenters. The number of hydrogen-bond acceptors (Lipinski definition) is 7. The fourth-order valence-electron chi connectivity index (χ4n) is 4.30. The third-order valence-corrected chi connectivity index (χ3v) is 5.70. The third-order valence-electron chi connectivity index (χ3n) is 5.70. The van der Waals surface area contributed by atoms with Gasteiger partial charge in [0.15, 0.2) is 0 Å². The molecule has 1 aliphatic heterocycles. The van der Waals surface area contributed by atoms with E-state index >= 15 is 0 Å². The first-order valence-electron chi connectivity index (χ1n) is 10.5. The first-order chi connectivity index (χ1) is 15.4. The van der Waals surface area contributed by atoms with Gasteiger partial charge in [-0.05, 0) is 30.9 Å². The average Bonchev–Trinajstić information content (AvgIpc) is 3.13. The predicted octanol–water partition coefficient (Wildman–Crippen LogP) is 2.40. The molecule has 0 spiro atoms. The van der Waals surface area contributed by atoms with Crippen LogP contribution in [0.25, 0.3) is 0 Å². The lowest BCUT2D eigenvalue weighted by Crippen LogP contribution is -2.48. The van der Waals surface area contributed by atoms with Gasteiger partial charge in [0, 0.05) is 40.5 Å². The Morgan fingerprint density at radius 3 is 2.62 bits per heavy atom. The fourth-order valence-corrected chi connectivity index (χ4v) is 4.30. The van der Waals surface area contributed by atoms with E-state index in [9.17, 15) is 15.0 Å². The minimum Gasteiger partial charge on any atom is -0.465 e. The molecule has 1 fully saturated rings. The second kappa shape index (κ2) is 10.8. The van der Waals surface area contributed by atoms with Crippen LogP contribution < -0.4 is 10.2 Å². The van der Waals surface area contributed by atoms with Crippen molar-refractivity contribution >= 4 is 11.9 Å². The molecule has 0 saturated carbocycles. The van der Waals surface area contributed by atoms with Crippen LogP contribution in [-0.2, 0) is 20.9 Å². The number of aliphatic hydroxyl groups excluding tert-OH is 1. The van der Waals surface area contributed by atoms with Gasteiger partial charge in [0.25, 0.3) is 0 Å². The van der Waals surface area contributed by atoms with Gasteiger partial charge in [-0.15, -0.1) is 0 Å². The van der Waals surface area contributed by atoms with Gasteiger partial charge in [0.2, 0.25) is 6.29 Å². The molecule has 1 aromatic carbocycles. The molecule has 2 heterocycles. The minimum atomic E-state index is -1.05. The summed E-state index contributed by atoms with van der Waals surface area (Å²) in [5.74, 6) is 0.661. The molecule has 0 bridgehead atoms. The number of nitrogens with zero attached hydrogens (tertiary/aromatic N) is 3. The lowest BCUT2D eigenvalue weighted by molar-refractivity contribution is -0.110. The van der Waals surface area contributed by atoms with E-state index in [1.165, 1.54) is 14.2 Å². The van der Waals surface area contributed by atoms with Crippen molar-refractivity contribution in [1.82, 2.24) is 15.1 Å². The first kappa shape index (κ1) is 24.0. The largest absolute Gasteiger partial charge is 0.465 e. The molecule has 10 heteroatoms. The van der Waals surface area contributed by atoms with E-state index in [4.69, 9.17) is 14.2 Å². The quantitative estimate of drug-likeness (QED) is 0.501. The zero-order chi connectivity index (χ0) is 23.3. The highest BCUT2D eigenvalue weighted by atomic mass is 16.7. The van der Waals surface area contributed by atoms with Crippen molar-refractivity contribution in [2.24, 2.45) is 0 Å². The van der Waals surface area contributed by atoms with E-state index in [0.717, 1.165) is 24.0 Å². The molecule has 1 aliphatic rings. The second-order valence-electron chi connectivity index (χ2n) is 7.84. The van der Waals surface area contributed by atoms with Crippen LogP contribution in [0.3, 0.4) is 0 Å². The fraction of sp³-hybridized carbons (Fsp3) is 0.545. The van der Waals surface area contributed by atoms with Crippen molar-refractivity contribution < 1.29 is 29.2 Å². The van der Waals surface area contributed by atoms with Gasteiger partial charge in [-0.25, -0.2) is 9.48 Å². The molecular formula is C22H32N4O6. The first-order valence-corrected chi connectivity index (χ1v) is 10.5. The highest BCUT2D eigenvalue weighted by Gasteiger charge is 2.34. The summed E-state index contributed by atoms with van der Waals surface area (Å²) < 4.78 is 18.0. The number of aliphatic hydroxyl groups is 1. The van der Waals surface area contributed by atoms with Crippen LogP contribution in [0.15, 0.2) is 24.3 Å². The van der Waals surface area contributed by atoms with Crippen LogP contribution >= 0.6 is 0 Å². The van der Waals surface area contributed by atoms with Crippen molar-refractivity contribution in [3.8, 4) is 0 Å². The van der Waals surface area contributed by atoms with Crippen molar-refractivity contribution in [1.29, 1.82) is 0 Å². The van der Waals surface area contributed by atoms with Gasteiger partial charge >= 0.3 is 6.09 Å². The molecule has 10 nitrogen and oxygen atoms in total. The standard InChI is InChI=1S/C22H32N4O6/c1-14-8-5-6-10-16(14)19(27)17-18(21(31-3)32-4)24-26(13-30-2)20(17)25-11-7-9-15(12-25)23-22(28)29/h5-6,8,10,15,19,21,23,27H,7,9,11-13H2,1-4H3,(H,28,29)/t15-,19?/m1/s1. The van der Waals surface area contributed by atoms with E-state index in [-0.39, 0.29) is 12.8 Å². The summed E-state index contributed by atoms with van der Waals surface area (Å²) in [6, 6.07) is 7.37. The van der Waals surface area contributed by atoms with Crippen molar-refractivity contribution in [3.63, 3.8) is 0 Å². The van der Waals surface area contributed by atoms with Crippen LogP contribution in [-0.4, -0.2) is 66.5 Å². The number of rotatable bonds is 9. The Labute approximate surface area is 187 Å². The molecule has 1 unspecified atom stereocenters. The Morgan fingerprint density at radius 2 is 2.00 bits per heavy atom. The molecule has 1 amide bonds. The summed E-state index contributed by atoms with van der Waals surface area (Å²) in [6.07, 6.45) is -1.31. The van der Waals surface area contributed by atoms with Crippen molar-refractivity contribution in [2.75, 3.05) is 39.3 Å². The smallest absolute Gasteiger partial charge is 0.404 e. The van der Waals surface area contributed by atoms with Gasteiger partial charge in [0.1, 0.15) is 24.3 Å². The van der Waals surface area contributed by atoms with E-state index < -0.39 is 18.5 Å². The molecule has 2 aromatic rings. The molecule has 3 N–H and O–H groups in total. The number of methoxy groups -OCH3 is 3. The van der Waals surface area contributed by atoms with Crippen LogP contribution in [0.1, 0.15) is 47.6 Å². The topological polar surface area (TPSA) is 118 Å². The zero-order valence-electron chi connectivity index (χ0n) is 18.9. The third kappa shape index (κ3) is 5.04. The Morgan fingerprint density at radius 1 is 1.28 bits per heavy atom. The molecule has 0 radical (unpaired) electrons. The minimum absolute atomic E-state index is 0.149. The van der Waals surface area contributed by atoms with Crippen LogP contribution in [0, 0.1) is 6.92 Å². The van der Waals surface area contributed by atoms with E-state index in [1.54, 1.807) is 11.8 Å². The number of amides is 1. The highest BCUT2D eigenvalue weighted by Crippen LogP contribution is 2.39. The molecular weight excluding hydrogens is 416 g/mol. The van der Waals surface area contributed by atoms with Crippen molar-refractivity contribution in [3.05, 3.63) is 46.6 Å². The SMILES string of the molecule is COCn1nc(C(OC)OC)c(C(O)c2ccccc2C)c1N1CCC[C@@H](NC(=O)O)C1. The number of carboxylic acid groups (broad SMARTS) is 1. The highest BCUT2D eigenvalue weighted by molar-refractivity contribution is 5.65. The maximum Gasteiger partial charge on any atom is 0.404 e. The van der Waals surface area contributed by atoms with Gasteiger partial charge in [-0.3, -0.25) is 0 Å². The number of carbonyl (C=O) groups is 1. The summed E-state index contributed by atoms with van der Waals surface area (Å²) in [5.41, 5.74) is 2.69. The Kier molecular flexibility index (Phi) is 8.08. The van der Waals surface area contributed by atoms with Crippen LogP contribution in [0.5, 0.6) is 0 Å². The normalized spacial score (nSPS) is 17.6. The van der Waals surface area contributed by atoms with Crippen LogP contribution in [0.4, 0.5) is 10.6 Å². The molecule has 32 heavy (non-hydrogen) atoms. The van der Waals surface area contributed by atoms with E-state index in [2.05, 4.69) is 10.4 Å². The zero-order valence-corrected chi connectivity index (χ0v) is 18.9. The van der Waals surface area contributed by atoms with Gasteiger partial charge < -0.3 is 34.6 Å². The average molecular weight is 449 g/mol. The van der Waals surface area contributed by atoms with Gasteiger partial charge in [-0.1, -0.05) is 24.3 Å². The number of aryl methyl sites for hydroxylation is 1. The maximum absolute atomic E-state index is 11.6. The Balaban J connectivity index is 2.15. The molecule has 3 rings (SSSR count). The molecule has 0 aliphatic carbocycles. The van der Waals surface area contributed by atoms with E-state index in [1.807, 2.05) is 36.1 Å².